The molecule has 110 valence electrons. The van der Waals surface area contributed by atoms with Crippen molar-refractivity contribution < 1.29 is 9.53 Å². The average Bonchev–Trinajstić information content (AvgIpc) is 2.49. The van der Waals surface area contributed by atoms with Crippen molar-refractivity contribution >= 4 is 17.5 Å². The number of nitrogens with zero attached hydrogens (tertiary/aromatic N) is 1. The van der Waals surface area contributed by atoms with Crippen LogP contribution in [0.15, 0.2) is 48.5 Å². The lowest BCUT2D eigenvalue weighted by Crippen LogP contribution is -2.30. The van der Waals surface area contributed by atoms with Gasteiger partial charge in [-0.3, -0.25) is 4.79 Å². The third-order valence-corrected chi connectivity index (χ3v) is 3.41. The van der Waals surface area contributed by atoms with Crippen LogP contribution < -0.4 is 4.74 Å². The summed E-state index contributed by atoms with van der Waals surface area (Å²) in [6, 6.07) is 14.7. The van der Waals surface area contributed by atoms with Crippen LogP contribution in [0, 0.1) is 6.92 Å². The third kappa shape index (κ3) is 4.50. The number of carbonyl (C=O) groups is 1. The van der Waals surface area contributed by atoms with Gasteiger partial charge in [0.1, 0.15) is 12.4 Å². The smallest absolute Gasteiger partial charge is 0.253 e. The number of likely N-dealkylation sites (N-methyl/N-ethyl adjacent to an activating group) is 1. The van der Waals surface area contributed by atoms with Crippen molar-refractivity contribution in [3.8, 4) is 5.75 Å². The maximum atomic E-state index is 12.2. The fraction of sp³-hybridized carbons (Fsp3) is 0.235. The Morgan fingerprint density at radius 1 is 1.10 bits per heavy atom. The van der Waals surface area contributed by atoms with Gasteiger partial charge in [0.25, 0.3) is 5.91 Å². The average molecular weight is 304 g/mol. The molecule has 0 aliphatic heterocycles. The van der Waals surface area contributed by atoms with E-state index in [-0.39, 0.29) is 5.91 Å². The van der Waals surface area contributed by atoms with E-state index in [2.05, 4.69) is 0 Å². The first-order valence-corrected chi connectivity index (χ1v) is 7.14. The molecule has 0 bridgehead atoms. The highest BCUT2D eigenvalue weighted by atomic mass is 35.5. The predicted octanol–water partition coefficient (Wildman–Crippen LogP) is 3.80. The highest BCUT2D eigenvalue weighted by Crippen LogP contribution is 2.15. The van der Waals surface area contributed by atoms with Crippen molar-refractivity contribution in [1.82, 2.24) is 4.90 Å². The van der Waals surface area contributed by atoms with Gasteiger partial charge < -0.3 is 9.64 Å². The minimum atomic E-state index is -0.00490. The third-order valence-electron chi connectivity index (χ3n) is 3.15. The summed E-state index contributed by atoms with van der Waals surface area (Å²) in [6.07, 6.45) is 0. The van der Waals surface area contributed by atoms with Crippen LogP contribution in [0.4, 0.5) is 0 Å². The Bertz CT molecular complexity index is 593. The van der Waals surface area contributed by atoms with Crippen LogP contribution in [0.25, 0.3) is 0 Å². The molecule has 0 saturated heterocycles. The maximum absolute atomic E-state index is 12.2. The summed E-state index contributed by atoms with van der Waals surface area (Å²) in [4.78, 5) is 13.8. The molecule has 3 nitrogen and oxygen atoms in total. The number of ether oxygens (including phenoxy) is 1. The fourth-order valence-corrected chi connectivity index (χ4v) is 1.98. The summed E-state index contributed by atoms with van der Waals surface area (Å²) in [6.45, 7) is 2.96. The lowest BCUT2D eigenvalue weighted by Gasteiger charge is -2.17. The molecule has 2 aromatic rings. The van der Waals surface area contributed by atoms with E-state index in [9.17, 15) is 4.79 Å². The normalized spacial score (nSPS) is 10.2. The Morgan fingerprint density at radius 3 is 2.33 bits per heavy atom. The molecule has 0 radical (unpaired) electrons. The van der Waals surface area contributed by atoms with Crippen molar-refractivity contribution in [3.05, 3.63) is 64.7 Å². The second-order valence-electron chi connectivity index (χ2n) is 4.90. The van der Waals surface area contributed by atoms with E-state index in [4.69, 9.17) is 16.3 Å². The van der Waals surface area contributed by atoms with Crippen molar-refractivity contribution in [2.45, 2.75) is 6.92 Å². The quantitative estimate of drug-likeness (QED) is 0.841. The van der Waals surface area contributed by atoms with E-state index in [0.29, 0.717) is 23.7 Å². The van der Waals surface area contributed by atoms with Crippen LogP contribution in [0.5, 0.6) is 5.75 Å². The molecule has 4 heteroatoms. The van der Waals surface area contributed by atoms with Gasteiger partial charge in [0.15, 0.2) is 0 Å². The van der Waals surface area contributed by atoms with Crippen molar-refractivity contribution in [2.75, 3.05) is 20.2 Å². The number of aryl methyl sites for hydroxylation is 1. The number of amides is 1. The molecule has 0 heterocycles. The summed E-state index contributed by atoms with van der Waals surface area (Å²) >= 11 is 5.81. The zero-order chi connectivity index (χ0) is 15.2. The first-order valence-electron chi connectivity index (χ1n) is 6.77. The molecule has 0 unspecified atom stereocenters. The monoisotopic (exact) mass is 303 g/mol. The Labute approximate surface area is 130 Å². The topological polar surface area (TPSA) is 29.5 Å². The molecule has 0 aliphatic rings. The number of hydrogen-bond acceptors (Lipinski definition) is 2. The summed E-state index contributed by atoms with van der Waals surface area (Å²) in [7, 11) is 1.77. The summed E-state index contributed by atoms with van der Waals surface area (Å²) in [5.41, 5.74) is 1.83. The molecule has 0 N–H and O–H groups in total. The number of benzene rings is 2. The van der Waals surface area contributed by atoms with Crippen molar-refractivity contribution in [3.63, 3.8) is 0 Å². The van der Waals surface area contributed by atoms with Gasteiger partial charge in [-0.05, 0) is 43.3 Å². The zero-order valence-electron chi connectivity index (χ0n) is 12.2. The van der Waals surface area contributed by atoms with E-state index in [1.165, 1.54) is 0 Å². The van der Waals surface area contributed by atoms with Crippen LogP contribution in [-0.4, -0.2) is 31.0 Å². The SMILES string of the molecule is Cc1ccc(C(=O)N(C)CCOc2ccc(Cl)cc2)cc1. The first-order chi connectivity index (χ1) is 10.1. The zero-order valence-corrected chi connectivity index (χ0v) is 12.9. The second-order valence-corrected chi connectivity index (χ2v) is 5.33. The van der Waals surface area contributed by atoms with Crippen LogP contribution in [0.3, 0.4) is 0 Å². The van der Waals surface area contributed by atoms with Crippen molar-refractivity contribution in [2.24, 2.45) is 0 Å². The molecule has 21 heavy (non-hydrogen) atoms. The van der Waals surface area contributed by atoms with Gasteiger partial charge >= 0.3 is 0 Å². The predicted molar refractivity (Wildman–Crippen MR) is 85.1 cm³/mol. The molecule has 0 saturated carbocycles. The van der Waals surface area contributed by atoms with Crippen LogP contribution in [0.1, 0.15) is 15.9 Å². The van der Waals surface area contributed by atoms with E-state index in [1.807, 2.05) is 43.3 Å². The lowest BCUT2D eigenvalue weighted by atomic mass is 10.1. The number of hydrogen-bond donors (Lipinski definition) is 0. The van der Waals surface area contributed by atoms with Gasteiger partial charge in [-0.25, -0.2) is 0 Å². The molecule has 0 aromatic heterocycles. The maximum Gasteiger partial charge on any atom is 0.253 e. The highest BCUT2D eigenvalue weighted by Gasteiger charge is 2.11. The second kappa shape index (κ2) is 7.14. The molecule has 0 aliphatic carbocycles. The Kier molecular flexibility index (Phi) is 5.23. The minimum absolute atomic E-state index is 0.00490. The summed E-state index contributed by atoms with van der Waals surface area (Å²) in [5, 5.41) is 0.675. The number of carbonyl (C=O) groups excluding carboxylic acids is 1. The molecule has 2 aromatic carbocycles. The standard InChI is InChI=1S/C17H18ClNO2/c1-13-3-5-14(6-4-13)17(20)19(2)11-12-21-16-9-7-15(18)8-10-16/h3-10H,11-12H2,1-2H3. The Hall–Kier alpha value is -2.00. The van der Waals surface area contributed by atoms with E-state index >= 15 is 0 Å². The Morgan fingerprint density at radius 2 is 1.71 bits per heavy atom. The largest absolute Gasteiger partial charge is 0.492 e. The van der Waals surface area contributed by atoms with Crippen LogP contribution in [-0.2, 0) is 0 Å². The fourth-order valence-electron chi connectivity index (χ4n) is 1.85. The highest BCUT2D eigenvalue weighted by molar-refractivity contribution is 6.30. The van der Waals surface area contributed by atoms with E-state index < -0.39 is 0 Å². The van der Waals surface area contributed by atoms with Crippen LogP contribution in [0.2, 0.25) is 5.02 Å². The van der Waals surface area contributed by atoms with Gasteiger partial charge in [-0.2, -0.15) is 0 Å². The molecule has 0 atom stereocenters. The molecule has 0 fully saturated rings. The number of halogens is 1. The molecular formula is C17H18ClNO2. The lowest BCUT2D eigenvalue weighted by molar-refractivity contribution is 0.0774. The molecular weight excluding hydrogens is 286 g/mol. The number of rotatable bonds is 5. The molecule has 2 rings (SSSR count). The summed E-state index contributed by atoms with van der Waals surface area (Å²) in [5.74, 6) is 0.741. The van der Waals surface area contributed by atoms with Gasteiger partial charge in [0, 0.05) is 17.6 Å². The van der Waals surface area contributed by atoms with E-state index in [0.717, 1.165) is 11.3 Å². The minimum Gasteiger partial charge on any atom is -0.492 e. The van der Waals surface area contributed by atoms with Crippen molar-refractivity contribution in [1.29, 1.82) is 0 Å². The first kappa shape index (κ1) is 15.4. The van der Waals surface area contributed by atoms with Gasteiger partial charge in [-0.1, -0.05) is 29.3 Å². The Balaban J connectivity index is 1.83. The van der Waals surface area contributed by atoms with E-state index in [1.54, 1.807) is 24.1 Å². The van der Waals surface area contributed by atoms with Gasteiger partial charge in [0.2, 0.25) is 0 Å². The molecule has 1 amide bonds. The van der Waals surface area contributed by atoms with Crippen LogP contribution >= 0.6 is 11.6 Å². The van der Waals surface area contributed by atoms with Gasteiger partial charge in [-0.15, -0.1) is 0 Å². The summed E-state index contributed by atoms with van der Waals surface area (Å²) < 4.78 is 5.58. The van der Waals surface area contributed by atoms with Gasteiger partial charge in [0.05, 0.1) is 6.54 Å². The molecule has 0 spiro atoms.